The van der Waals surface area contributed by atoms with Crippen LogP contribution in [0, 0.1) is 0 Å². The number of hydrogen-bond acceptors (Lipinski definition) is 0. The molecule has 0 bridgehead atoms. The summed E-state index contributed by atoms with van der Waals surface area (Å²) in [5.74, 6) is 1.10. The highest BCUT2D eigenvalue weighted by atomic mass is 32.2. The summed E-state index contributed by atoms with van der Waals surface area (Å²) in [6.45, 7) is 8.37. The van der Waals surface area contributed by atoms with E-state index in [4.69, 9.17) is 0 Å². The van der Waals surface area contributed by atoms with Crippen LogP contribution in [0.3, 0.4) is 0 Å². The predicted octanol–water partition coefficient (Wildman–Crippen LogP) is 3.26. The smallest absolute Gasteiger partial charge is 0.0984 e. The summed E-state index contributed by atoms with van der Waals surface area (Å²) in [6, 6.07) is 10.7. The maximum Gasteiger partial charge on any atom is 0.155 e. The van der Waals surface area contributed by atoms with E-state index in [0.717, 1.165) is 5.75 Å². The van der Waals surface area contributed by atoms with Crippen molar-refractivity contribution in [3.63, 3.8) is 0 Å². The molecular formula is C12H17S+. The van der Waals surface area contributed by atoms with E-state index in [1.807, 2.05) is 6.08 Å². The standard InChI is InChI=1S/C12H17S/c1-4-10-13(11(2)3)12-8-6-5-7-9-12/h4-9,11H,1,10H2,2-3H3/q+1. The molecular weight excluding hydrogens is 176 g/mol. The molecule has 0 fully saturated rings. The first-order chi connectivity index (χ1) is 6.25. The lowest BCUT2D eigenvalue weighted by Crippen LogP contribution is -2.17. The van der Waals surface area contributed by atoms with Gasteiger partial charge in [0.2, 0.25) is 0 Å². The van der Waals surface area contributed by atoms with Gasteiger partial charge in [0, 0.05) is 10.9 Å². The van der Waals surface area contributed by atoms with Crippen molar-refractivity contribution in [1.82, 2.24) is 0 Å². The second kappa shape index (κ2) is 5.13. The fourth-order valence-electron chi connectivity index (χ4n) is 1.28. The van der Waals surface area contributed by atoms with Crippen molar-refractivity contribution in [1.29, 1.82) is 0 Å². The second-order valence-corrected chi connectivity index (χ2v) is 5.85. The van der Waals surface area contributed by atoms with Crippen molar-refractivity contribution >= 4 is 10.9 Å². The first-order valence-corrected chi connectivity index (χ1v) is 6.07. The molecule has 1 rings (SSSR count). The molecule has 1 unspecified atom stereocenters. The van der Waals surface area contributed by atoms with Crippen LogP contribution in [-0.2, 0) is 10.9 Å². The minimum Gasteiger partial charge on any atom is -0.0984 e. The van der Waals surface area contributed by atoms with E-state index in [9.17, 15) is 0 Å². The molecule has 0 aromatic heterocycles. The van der Waals surface area contributed by atoms with Crippen molar-refractivity contribution < 1.29 is 0 Å². The number of hydrogen-bond donors (Lipinski definition) is 0. The Balaban J connectivity index is 2.82. The van der Waals surface area contributed by atoms with Crippen LogP contribution in [0.4, 0.5) is 0 Å². The van der Waals surface area contributed by atoms with Crippen molar-refractivity contribution in [2.75, 3.05) is 5.75 Å². The van der Waals surface area contributed by atoms with Crippen LogP contribution in [-0.4, -0.2) is 11.0 Å². The van der Waals surface area contributed by atoms with E-state index in [-0.39, 0.29) is 0 Å². The highest BCUT2D eigenvalue weighted by Gasteiger charge is 2.23. The Morgan fingerprint density at radius 3 is 2.38 bits per heavy atom. The van der Waals surface area contributed by atoms with Crippen LogP contribution < -0.4 is 0 Å². The lowest BCUT2D eigenvalue weighted by molar-refractivity contribution is 1.09. The average molecular weight is 193 g/mol. The average Bonchev–Trinajstić information content (AvgIpc) is 2.15. The van der Waals surface area contributed by atoms with Crippen molar-refractivity contribution in [2.45, 2.75) is 24.0 Å². The van der Waals surface area contributed by atoms with Gasteiger partial charge in [-0.1, -0.05) is 24.8 Å². The van der Waals surface area contributed by atoms with Crippen molar-refractivity contribution in [3.8, 4) is 0 Å². The van der Waals surface area contributed by atoms with Crippen LogP contribution in [0.15, 0.2) is 47.9 Å². The third kappa shape index (κ3) is 2.92. The van der Waals surface area contributed by atoms with Gasteiger partial charge in [0.1, 0.15) is 11.0 Å². The van der Waals surface area contributed by atoms with Gasteiger partial charge in [-0.25, -0.2) is 0 Å². The lowest BCUT2D eigenvalue weighted by atomic mass is 10.4. The van der Waals surface area contributed by atoms with E-state index >= 15 is 0 Å². The van der Waals surface area contributed by atoms with Crippen LogP contribution in [0.5, 0.6) is 0 Å². The van der Waals surface area contributed by atoms with Gasteiger partial charge < -0.3 is 0 Å². The summed E-state index contributed by atoms with van der Waals surface area (Å²) in [5, 5.41) is 0.709. The summed E-state index contributed by atoms with van der Waals surface area (Å²) in [7, 11) is 0.342. The van der Waals surface area contributed by atoms with E-state index in [1.165, 1.54) is 4.90 Å². The molecule has 0 heterocycles. The summed E-state index contributed by atoms with van der Waals surface area (Å²) in [6.07, 6.45) is 2.02. The van der Waals surface area contributed by atoms with Gasteiger partial charge in [-0.2, -0.15) is 0 Å². The Hall–Kier alpha value is -0.690. The number of rotatable bonds is 4. The first-order valence-electron chi connectivity index (χ1n) is 4.61. The predicted molar refractivity (Wildman–Crippen MR) is 62.3 cm³/mol. The van der Waals surface area contributed by atoms with Gasteiger partial charge in [0.05, 0.1) is 0 Å². The molecule has 13 heavy (non-hydrogen) atoms. The van der Waals surface area contributed by atoms with Gasteiger partial charge in [0.15, 0.2) is 4.90 Å². The summed E-state index contributed by atoms with van der Waals surface area (Å²) >= 11 is 0. The summed E-state index contributed by atoms with van der Waals surface area (Å²) in [4.78, 5) is 1.46. The molecule has 1 aromatic carbocycles. The van der Waals surface area contributed by atoms with E-state index < -0.39 is 0 Å². The Morgan fingerprint density at radius 2 is 1.92 bits per heavy atom. The van der Waals surface area contributed by atoms with Crippen LogP contribution in [0.2, 0.25) is 0 Å². The molecule has 0 radical (unpaired) electrons. The molecule has 0 aliphatic rings. The second-order valence-electron chi connectivity index (χ2n) is 3.25. The SMILES string of the molecule is C=CC[S+](c1ccccc1)C(C)C. The quantitative estimate of drug-likeness (QED) is 0.508. The Bertz CT molecular complexity index is 251. The highest BCUT2D eigenvalue weighted by molar-refractivity contribution is 7.97. The van der Waals surface area contributed by atoms with Gasteiger partial charge in [-0.15, -0.1) is 0 Å². The minimum atomic E-state index is 0.342. The van der Waals surface area contributed by atoms with Crippen LogP contribution in [0.1, 0.15) is 13.8 Å². The largest absolute Gasteiger partial charge is 0.155 e. The minimum absolute atomic E-state index is 0.342. The fraction of sp³-hybridized carbons (Fsp3) is 0.333. The molecule has 0 amide bonds. The third-order valence-corrected chi connectivity index (χ3v) is 4.52. The molecule has 1 atom stereocenters. The molecule has 1 heteroatoms. The fourth-order valence-corrected chi connectivity index (χ4v) is 3.17. The molecule has 0 spiro atoms. The lowest BCUT2D eigenvalue weighted by Gasteiger charge is -2.09. The molecule has 0 aliphatic heterocycles. The zero-order valence-electron chi connectivity index (χ0n) is 8.36. The molecule has 0 saturated heterocycles. The Morgan fingerprint density at radius 1 is 1.31 bits per heavy atom. The van der Waals surface area contributed by atoms with Gasteiger partial charge in [-0.05, 0) is 32.1 Å². The van der Waals surface area contributed by atoms with Crippen molar-refractivity contribution in [3.05, 3.63) is 43.0 Å². The molecule has 0 N–H and O–H groups in total. The maximum absolute atomic E-state index is 3.82. The van der Waals surface area contributed by atoms with Gasteiger partial charge in [0.25, 0.3) is 0 Å². The zero-order chi connectivity index (χ0) is 9.68. The molecule has 0 saturated carbocycles. The maximum atomic E-state index is 3.82. The summed E-state index contributed by atoms with van der Waals surface area (Å²) < 4.78 is 0. The first kappa shape index (κ1) is 10.4. The van der Waals surface area contributed by atoms with E-state index in [0.29, 0.717) is 16.1 Å². The van der Waals surface area contributed by atoms with E-state index in [2.05, 4.69) is 50.8 Å². The normalized spacial score (nSPS) is 12.8. The number of benzene rings is 1. The van der Waals surface area contributed by atoms with E-state index in [1.54, 1.807) is 0 Å². The van der Waals surface area contributed by atoms with Crippen LogP contribution >= 0.6 is 0 Å². The summed E-state index contributed by atoms with van der Waals surface area (Å²) in [5.41, 5.74) is 0. The Kier molecular flexibility index (Phi) is 4.10. The van der Waals surface area contributed by atoms with Gasteiger partial charge >= 0.3 is 0 Å². The van der Waals surface area contributed by atoms with Crippen molar-refractivity contribution in [2.24, 2.45) is 0 Å². The highest BCUT2D eigenvalue weighted by Crippen LogP contribution is 2.18. The molecule has 0 nitrogen and oxygen atoms in total. The monoisotopic (exact) mass is 193 g/mol. The molecule has 0 aliphatic carbocycles. The molecule has 1 aromatic rings. The Labute approximate surface area is 84.0 Å². The van der Waals surface area contributed by atoms with Crippen LogP contribution in [0.25, 0.3) is 0 Å². The topological polar surface area (TPSA) is 0 Å². The molecule has 70 valence electrons. The van der Waals surface area contributed by atoms with Gasteiger partial charge in [-0.3, -0.25) is 0 Å². The zero-order valence-corrected chi connectivity index (χ0v) is 9.18. The third-order valence-electron chi connectivity index (χ3n) is 1.91.